The predicted molar refractivity (Wildman–Crippen MR) is 236 cm³/mol. The van der Waals surface area contributed by atoms with Gasteiger partial charge in [-0.1, -0.05) is 60.7 Å². The summed E-state index contributed by atoms with van der Waals surface area (Å²) in [5, 5.41) is 6.52. The summed E-state index contributed by atoms with van der Waals surface area (Å²) in [5.74, 6) is -2.96. The molecule has 0 bridgehead atoms. The van der Waals surface area contributed by atoms with Gasteiger partial charge in [-0.15, -0.1) is 0 Å². The second-order valence-electron chi connectivity index (χ2n) is 16.9. The second kappa shape index (κ2) is 25.9. The van der Waals surface area contributed by atoms with Gasteiger partial charge < -0.3 is 67.5 Å². The van der Waals surface area contributed by atoms with Gasteiger partial charge in [0.05, 0.1) is 65.3 Å². The monoisotopic (exact) mass is 930 g/mol. The fraction of sp³-hybridized carbons (Fsp3) is 0.667. The van der Waals surface area contributed by atoms with Gasteiger partial charge in [0.15, 0.2) is 24.2 Å². The van der Waals surface area contributed by atoms with E-state index < -0.39 is 72.9 Å². The van der Waals surface area contributed by atoms with E-state index in [1.165, 1.54) is 0 Å². The molecule has 66 heavy (non-hydrogen) atoms. The SMILES string of the molecule is CCOC(=O)CCN[C@@H](CC(=O)OCC)[C@H]1O[C@@H]2OC(C)(C)O[C@@H]2[C@H]1OCc1ccccc1.CCOC(=O)CCN[C@H](CC(=O)OCC)[C@H]1O[C@@H]2OC(C)(C)O[C@@H]2[C@H]1OCc1ccccc1. The molecule has 2 aromatic carbocycles. The summed E-state index contributed by atoms with van der Waals surface area (Å²) in [6, 6.07) is 18.6. The van der Waals surface area contributed by atoms with Gasteiger partial charge in [-0.05, 0) is 66.5 Å². The van der Waals surface area contributed by atoms with E-state index in [4.69, 9.17) is 56.8 Å². The first kappa shape index (κ1) is 52.9. The molecule has 0 spiro atoms. The summed E-state index contributed by atoms with van der Waals surface area (Å²) in [6.45, 7) is 16.9. The summed E-state index contributed by atoms with van der Waals surface area (Å²) >= 11 is 0. The van der Waals surface area contributed by atoms with E-state index in [9.17, 15) is 19.2 Å². The minimum absolute atomic E-state index is 0.0510. The Bertz CT molecular complexity index is 1670. The van der Waals surface area contributed by atoms with Crippen molar-refractivity contribution in [2.45, 2.75) is 167 Å². The van der Waals surface area contributed by atoms with Crippen LogP contribution in [-0.4, -0.2) is 136 Å². The van der Waals surface area contributed by atoms with Crippen molar-refractivity contribution in [1.82, 2.24) is 10.6 Å². The highest BCUT2D eigenvalue weighted by atomic mass is 16.9. The minimum atomic E-state index is -0.803. The maximum Gasteiger partial charge on any atom is 0.307 e. The van der Waals surface area contributed by atoms with Gasteiger partial charge in [0.1, 0.15) is 36.6 Å². The number of esters is 4. The molecule has 0 unspecified atom stereocenters. The van der Waals surface area contributed by atoms with E-state index in [1.807, 2.05) is 88.4 Å². The van der Waals surface area contributed by atoms with Crippen LogP contribution >= 0.6 is 0 Å². The van der Waals surface area contributed by atoms with Gasteiger partial charge in [0.2, 0.25) is 0 Å². The Balaban J connectivity index is 0.000000247. The van der Waals surface area contributed by atoms with Gasteiger partial charge in [-0.3, -0.25) is 19.2 Å². The van der Waals surface area contributed by atoms with Gasteiger partial charge in [0, 0.05) is 25.2 Å². The molecule has 0 radical (unpaired) electrons. The van der Waals surface area contributed by atoms with Crippen molar-refractivity contribution in [3.63, 3.8) is 0 Å². The first-order chi connectivity index (χ1) is 31.6. The number of nitrogens with one attached hydrogen (secondary N) is 2. The molecular formula is C48H70N2O16. The van der Waals surface area contributed by atoms with Crippen LogP contribution in [0.25, 0.3) is 0 Å². The molecule has 4 fully saturated rings. The van der Waals surface area contributed by atoms with E-state index in [0.717, 1.165) is 11.1 Å². The van der Waals surface area contributed by atoms with Gasteiger partial charge >= 0.3 is 23.9 Å². The molecule has 10 atom stereocenters. The molecular weight excluding hydrogens is 861 g/mol. The van der Waals surface area contributed by atoms with Crippen LogP contribution < -0.4 is 10.6 Å². The maximum absolute atomic E-state index is 12.3. The first-order valence-electron chi connectivity index (χ1n) is 23.1. The van der Waals surface area contributed by atoms with Crippen LogP contribution in [0.1, 0.15) is 92.2 Å². The minimum Gasteiger partial charge on any atom is -0.466 e. The molecule has 0 saturated carbocycles. The van der Waals surface area contributed by atoms with Crippen LogP contribution in [0.15, 0.2) is 60.7 Å². The molecule has 18 nitrogen and oxygen atoms in total. The Morgan fingerprint density at radius 1 is 0.530 bits per heavy atom. The van der Waals surface area contributed by atoms with E-state index in [0.29, 0.717) is 39.5 Å². The van der Waals surface area contributed by atoms with Crippen molar-refractivity contribution >= 4 is 23.9 Å². The molecule has 6 rings (SSSR count). The summed E-state index contributed by atoms with van der Waals surface area (Å²) in [6.07, 6.45) is -3.80. The number of rotatable bonds is 24. The Kier molecular flexibility index (Phi) is 20.7. The van der Waals surface area contributed by atoms with Crippen molar-refractivity contribution in [3.8, 4) is 0 Å². The lowest BCUT2D eigenvalue weighted by molar-refractivity contribution is -0.223. The fourth-order valence-electron chi connectivity index (χ4n) is 8.16. The number of fused-ring (bicyclic) bond motifs is 2. The molecule has 2 N–H and O–H groups in total. The van der Waals surface area contributed by atoms with Crippen LogP contribution in [0.5, 0.6) is 0 Å². The highest BCUT2D eigenvalue weighted by molar-refractivity contribution is 5.71. The predicted octanol–water partition coefficient (Wildman–Crippen LogP) is 4.63. The van der Waals surface area contributed by atoms with Crippen LogP contribution in [0, 0.1) is 0 Å². The van der Waals surface area contributed by atoms with Crippen LogP contribution in [0.4, 0.5) is 0 Å². The molecule has 4 heterocycles. The summed E-state index contributed by atoms with van der Waals surface area (Å²) in [7, 11) is 0. The fourth-order valence-corrected chi connectivity index (χ4v) is 8.16. The number of carbonyl (C=O) groups excluding carboxylic acids is 4. The van der Waals surface area contributed by atoms with Crippen molar-refractivity contribution in [2.24, 2.45) is 0 Å². The number of benzene rings is 2. The smallest absolute Gasteiger partial charge is 0.307 e. The normalized spacial score (nSPS) is 26.5. The van der Waals surface area contributed by atoms with Crippen molar-refractivity contribution in [1.29, 1.82) is 0 Å². The quantitative estimate of drug-likeness (QED) is 0.109. The summed E-state index contributed by atoms with van der Waals surface area (Å²) in [5.41, 5.74) is 2.02. The van der Waals surface area contributed by atoms with E-state index in [1.54, 1.807) is 27.7 Å². The molecule has 0 aliphatic carbocycles. The largest absolute Gasteiger partial charge is 0.466 e. The summed E-state index contributed by atoms with van der Waals surface area (Å²) < 4.78 is 69.3. The third kappa shape index (κ3) is 16.0. The average molecular weight is 931 g/mol. The van der Waals surface area contributed by atoms with E-state index in [2.05, 4.69) is 10.6 Å². The molecule has 4 aliphatic heterocycles. The zero-order valence-corrected chi connectivity index (χ0v) is 39.6. The van der Waals surface area contributed by atoms with Gasteiger partial charge in [-0.25, -0.2) is 0 Å². The van der Waals surface area contributed by atoms with Crippen LogP contribution in [0.3, 0.4) is 0 Å². The molecule has 4 saturated heterocycles. The molecule has 18 heteroatoms. The molecule has 368 valence electrons. The molecule has 2 aromatic rings. The second-order valence-corrected chi connectivity index (χ2v) is 16.9. The Morgan fingerprint density at radius 2 is 0.879 bits per heavy atom. The van der Waals surface area contributed by atoms with Crippen molar-refractivity contribution < 1.29 is 76.0 Å². The van der Waals surface area contributed by atoms with Crippen LogP contribution in [0.2, 0.25) is 0 Å². The number of hydrogen-bond acceptors (Lipinski definition) is 18. The zero-order valence-electron chi connectivity index (χ0n) is 39.6. The van der Waals surface area contributed by atoms with E-state index in [-0.39, 0.29) is 62.8 Å². The Morgan fingerprint density at radius 3 is 1.23 bits per heavy atom. The Labute approximate surface area is 388 Å². The number of ether oxygens (including phenoxy) is 12. The molecule has 4 aliphatic rings. The zero-order chi connectivity index (χ0) is 47.7. The van der Waals surface area contributed by atoms with E-state index >= 15 is 0 Å². The summed E-state index contributed by atoms with van der Waals surface area (Å²) in [4.78, 5) is 48.2. The number of carbonyl (C=O) groups is 4. The lowest BCUT2D eigenvalue weighted by Crippen LogP contribution is -2.50. The standard InChI is InChI=1S/2C24H35NO8/c2*1-5-28-18(26)12-13-25-17(14-19(27)29-6-2)20-21(30-15-16-10-8-7-9-11-16)22-23(31-20)33-24(3,4)32-22/h2*7-11,17,20-23,25H,5-6,12-15H2,1-4H3/t17-,20+,21-,22+,23+;17-,20-,21+,22-,23-/m01/s1. The van der Waals surface area contributed by atoms with Crippen LogP contribution in [-0.2, 0) is 89.2 Å². The lowest BCUT2D eigenvalue weighted by atomic mass is 10.00. The lowest BCUT2D eigenvalue weighted by Gasteiger charge is -2.31. The highest BCUT2D eigenvalue weighted by Gasteiger charge is 2.58. The maximum atomic E-state index is 12.3. The van der Waals surface area contributed by atoms with Crippen molar-refractivity contribution in [2.75, 3.05) is 39.5 Å². The first-order valence-corrected chi connectivity index (χ1v) is 23.1. The third-order valence-corrected chi connectivity index (χ3v) is 10.9. The van der Waals surface area contributed by atoms with Gasteiger partial charge in [-0.2, -0.15) is 0 Å². The average Bonchev–Trinajstić information content (AvgIpc) is 3.96. The third-order valence-electron chi connectivity index (χ3n) is 10.9. The molecule has 0 aromatic heterocycles. The van der Waals surface area contributed by atoms with Crippen molar-refractivity contribution in [3.05, 3.63) is 71.8 Å². The molecule has 0 amide bonds. The Hall–Kier alpha value is -4.08. The number of hydrogen-bond donors (Lipinski definition) is 2. The topological polar surface area (TPSA) is 203 Å². The highest BCUT2D eigenvalue weighted by Crippen LogP contribution is 2.42. The van der Waals surface area contributed by atoms with Gasteiger partial charge in [0.25, 0.3) is 0 Å².